The van der Waals surface area contributed by atoms with Gasteiger partial charge in [-0.25, -0.2) is 4.98 Å². The monoisotopic (exact) mass is 399 g/mol. The van der Waals surface area contributed by atoms with E-state index in [1.165, 1.54) is 4.88 Å². The number of thiophene rings is 1. The van der Waals surface area contributed by atoms with E-state index in [4.69, 9.17) is 9.72 Å². The summed E-state index contributed by atoms with van der Waals surface area (Å²) in [5.41, 5.74) is 1.79. The molecule has 1 aromatic carbocycles. The second-order valence-electron chi connectivity index (χ2n) is 6.42. The molecule has 1 aliphatic rings. The molecular weight excluding hydrogens is 378 g/mol. The van der Waals surface area contributed by atoms with Crippen LogP contribution in [0.15, 0.2) is 47.2 Å². The van der Waals surface area contributed by atoms with Crippen LogP contribution in [0.1, 0.15) is 16.1 Å². The molecule has 2 aromatic heterocycles. The average Bonchev–Trinajstić information content (AvgIpc) is 3.40. The number of amides is 1. The van der Waals surface area contributed by atoms with Gasteiger partial charge >= 0.3 is 0 Å². The fourth-order valence-corrected chi connectivity index (χ4v) is 4.79. The highest BCUT2D eigenvalue weighted by Gasteiger charge is 2.23. The van der Waals surface area contributed by atoms with Gasteiger partial charge in [-0.1, -0.05) is 12.1 Å². The van der Waals surface area contributed by atoms with Crippen LogP contribution in [-0.4, -0.2) is 54.0 Å². The summed E-state index contributed by atoms with van der Waals surface area (Å²) >= 11 is 3.42. The first-order valence-electron chi connectivity index (χ1n) is 8.87. The van der Waals surface area contributed by atoms with Gasteiger partial charge in [-0.05, 0) is 29.6 Å². The maximum absolute atomic E-state index is 12.7. The van der Waals surface area contributed by atoms with Crippen molar-refractivity contribution in [1.82, 2.24) is 14.8 Å². The predicted octanol–water partition coefficient (Wildman–Crippen LogP) is 3.84. The number of benzene rings is 1. The third kappa shape index (κ3) is 4.21. The molecule has 27 heavy (non-hydrogen) atoms. The molecule has 0 aliphatic carbocycles. The largest absolute Gasteiger partial charge is 0.497 e. The Labute approximate surface area is 166 Å². The molecule has 4 rings (SSSR count). The zero-order chi connectivity index (χ0) is 18.6. The van der Waals surface area contributed by atoms with Crippen LogP contribution in [0.2, 0.25) is 0 Å². The summed E-state index contributed by atoms with van der Waals surface area (Å²) < 4.78 is 5.22. The first-order valence-corrected chi connectivity index (χ1v) is 10.6. The van der Waals surface area contributed by atoms with Crippen molar-refractivity contribution >= 4 is 28.6 Å². The Morgan fingerprint density at radius 3 is 2.74 bits per heavy atom. The van der Waals surface area contributed by atoms with E-state index in [1.807, 2.05) is 23.1 Å². The molecule has 7 heteroatoms. The van der Waals surface area contributed by atoms with Gasteiger partial charge in [0, 0.05) is 43.7 Å². The van der Waals surface area contributed by atoms with Gasteiger partial charge in [0.1, 0.15) is 10.8 Å². The van der Waals surface area contributed by atoms with Gasteiger partial charge in [0.2, 0.25) is 0 Å². The fourth-order valence-electron chi connectivity index (χ4n) is 3.17. The first kappa shape index (κ1) is 18.2. The molecule has 0 atom stereocenters. The highest BCUT2D eigenvalue weighted by atomic mass is 32.1. The summed E-state index contributed by atoms with van der Waals surface area (Å²) in [7, 11) is 1.62. The molecular formula is C20H21N3O2S2. The smallest absolute Gasteiger partial charge is 0.254 e. The summed E-state index contributed by atoms with van der Waals surface area (Å²) in [5.74, 6) is 0.784. The lowest BCUT2D eigenvalue weighted by molar-refractivity contribution is 0.0627. The van der Waals surface area contributed by atoms with Crippen molar-refractivity contribution in [2.75, 3.05) is 33.3 Å². The van der Waals surface area contributed by atoms with Crippen LogP contribution >= 0.6 is 22.7 Å². The zero-order valence-corrected chi connectivity index (χ0v) is 16.8. The van der Waals surface area contributed by atoms with Gasteiger partial charge in [0.15, 0.2) is 0 Å². The Kier molecular flexibility index (Phi) is 5.52. The molecule has 0 radical (unpaired) electrons. The van der Waals surface area contributed by atoms with Crippen LogP contribution in [0.5, 0.6) is 5.75 Å². The van der Waals surface area contributed by atoms with Crippen molar-refractivity contribution in [3.8, 4) is 15.6 Å². The maximum Gasteiger partial charge on any atom is 0.254 e. The lowest BCUT2D eigenvalue weighted by Gasteiger charge is -2.34. The molecule has 0 unspecified atom stereocenters. The van der Waals surface area contributed by atoms with Crippen molar-refractivity contribution in [2.24, 2.45) is 0 Å². The SMILES string of the molecule is COc1cccc(C(=O)N2CCN(Cc3csc(-c4cccs4)n3)CC2)c1. The second-order valence-corrected chi connectivity index (χ2v) is 8.23. The Hall–Kier alpha value is -2.22. The summed E-state index contributed by atoms with van der Waals surface area (Å²) in [6.45, 7) is 4.03. The molecule has 1 amide bonds. The molecule has 0 spiro atoms. The number of carbonyl (C=O) groups is 1. The number of rotatable bonds is 5. The maximum atomic E-state index is 12.7. The standard InChI is InChI=1S/C20H21N3O2S2/c1-25-17-5-2-4-15(12-17)20(24)23-9-7-22(8-10-23)13-16-14-27-19(21-16)18-6-3-11-26-18/h2-6,11-12,14H,7-10,13H2,1H3. The number of carbonyl (C=O) groups excluding carboxylic acids is 1. The summed E-state index contributed by atoms with van der Waals surface area (Å²) in [5, 5.41) is 5.31. The Morgan fingerprint density at radius 2 is 2.00 bits per heavy atom. The van der Waals surface area contributed by atoms with Crippen molar-refractivity contribution in [2.45, 2.75) is 6.54 Å². The molecule has 3 heterocycles. The van der Waals surface area contributed by atoms with Crippen LogP contribution in [-0.2, 0) is 6.54 Å². The van der Waals surface area contributed by atoms with E-state index in [9.17, 15) is 4.79 Å². The lowest BCUT2D eigenvalue weighted by Crippen LogP contribution is -2.48. The van der Waals surface area contributed by atoms with E-state index in [2.05, 4.69) is 27.8 Å². The van der Waals surface area contributed by atoms with Gasteiger partial charge in [-0.15, -0.1) is 22.7 Å². The van der Waals surface area contributed by atoms with E-state index in [0.29, 0.717) is 11.3 Å². The number of aromatic nitrogens is 1. The predicted molar refractivity (Wildman–Crippen MR) is 110 cm³/mol. The topological polar surface area (TPSA) is 45.7 Å². The normalized spacial score (nSPS) is 15.1. The molecule has 0 N–H and O–H groups in total. The number of methoxy groups -OCH3 is 1. The van der Waals surface area contributed by atoms with E-state index in [0.717, 1.165) is 43.4 Å². The van der Waals surface area contributed by atoms with Crippen LogP contribution in [0.4, 0.5) is 0 Å². The number of thiazole rings is 1. The number of hydrogen-bond donors (Lipinski definition) is 0. The lowest BCUT2D eigenvalue weighted by atomic mass is 10.1. The first-order chi connectivity index (χ1) is 13.2. The molecule has 3 aromatic rings. The molecule has 1 aliphatic heterocycles. The van der Waals surface area contributed by atoms with Crippen molar-refractivity contribution in [3.05, 3.63) is 58.4 Å². The van der Waals surface area contributed by atoms with Gasteiger partial charge in [-0.2, -0.15) is 0 Å². The molecule has 5 nitrogen and oxygen atoms in total. The highest BCUT2D eigenvalue weighted by molar-refractivity contribution is 7.20. The Morgan fingerprint density at radius 1 is 1.15 bits per heavy atom. The zero-order valence-electron chi connectivity index (χ0n) is 15.1. The minimum Gasteiger partial charge on any atom is -0.497 e. The molecule has 140 valence electrons. The highest BCUT2D eigenvalue weighted by Crippen LogP contribution is 2.28. The van der Waals surface area contributed by atoms with Gasteiger partial charge in [-0.3, -0.25) is 9.69 Å². The Balaban J connectivity index is 1.33. The van der Waals surface area contributed by atoms with Gasteiger partial charge in [0.25, 0.3) is 5.91 Å². The molecule has 0 saturated carbocycles. The second kappa shape index (κ2) is 8.21. The third-order valence-corrected chi connectivity index (χ3v) is 6.58. The summed E-state index contributed by atoms with van der Waals surface area (Å²) in [6, 6.07) is 11.5. The van der Waals surface area contributed by atoms with Gasteiger partial charge in [0.05, 0.1) is 17.7 Å². The molecule has 0 bridgehead atoms. The molecule has 1 fully saturated rings. The summed E-state index contributed by atoms with van der Waals surface area (Å²) in [6.07, 6.45) is 0. The third-order valence-electron chi connectivity index (χ3n) is 4.65. The van der Waals surface area contributed by atoms with Crippen LogP contribution in [0, 0.1) is 0 Å². The fraction of sp³-hybridized carbons (Fsp3) is 0.300. The van der Waals surface area contributed by atoms with E-state index < -0.39 is 0 Å². The van der Waals surface area contributed by atoms with Crippen LogP contribution < -0.4 is 4.74 Å². The van der Waals surface area contributed by atoms with Crippen LogP contribution in [0.25, 0.3) is 9.88 Å². The van der Waals surface area contributed by atoms with Crippen molar-refractivity contribution in [1.29, 1.82) is 0 Å². The minimum absolute atomic E-state index is 0.0715. The van der Waals surface area contributed by atoms with E-state index in [1.54, 1.807) is 35.8 Å². The Bertz CT molecular complexity index is 900. The summed E-state index contributed by atoms with van der Waals surface area (Å²) in [4.78, 5) is 23.0. The number of ether oxygens (including phenoxy) is 1. The number of nitrogens with zero attached hydrogens (tertiary/aromatic N) is 3. The van der Waals surface area contributed by atoms with Crippen molar-refractivity contribution < 1.29 is 9.53 Å². The minimum atomic E-state index is 0.0715. The number of hydrogen-bond acceptors (Lipinski definition) is 6. The number of piperazine rings is 1. The van der Waals surface area contributed by atoms with Crippen molar-refractivity contribution in [3.63, 3.8) is 0 Å². The van der Waals surface area contributed by atoms with Crippen LogP contribution in [0.3, 0.4) is 0 Å². The van der Waals surface area contributed by atoms with Gasteiger partial charge < -0.3 is 9.64 Å². The average molecular weight is 400 g/mol. The van der Waals surface area contributed by atoms with E-state index >= 15 is 0 Å². The van der Waals surface area contributed by atoms with E-state index in [-0.39, 0.29) is 5.91 Å². The molecule has 1 saturated heterocycles. The quantitative estimate of drug-likeness (QED) is 0.654.